The second-order valence-electron chi connectivity index (χ2n) is 1.14. The first-order valence-corrected chi connectivity index (χ1v) is 2.65. The highest BCUT2D eigenvalue weighted by Crippen LogP contribution is 2.13. The Labute approximate surface area is 52.5 Å². The van der Waals surface area contributed by atoms with Crippen LogP contribution in [-0.4, -0.2) is 0 Å². The largest absolute Gasteiger partial charge is 0.457 e. The monoisotopic (exact) mass is 132 g/mol. The number of thiol groups is 2. The van der Waals surface area contributed by atoms with E-state index in [9.17, 15) is 0 Å². The van der Waals surface area contributed by atoms with E-state index in [1.54, 1.807) is 6.07 Å². The molecule has 1 nitrogen and oxygen atoms in total. The van der Waals surface area contributed by atoms with Gasteiger partial charge in [0.05, 0.1) is 0 Å². The normalized spacial score (nSPS) is 9.43. The summed E-state index contributed by atoms with van der Waals surface area (Å²) in [6.07, 6.45) is 1.53. The van der Waals surface area contributed by atoms with Gasteiger partial charge in [-0.05, 0) is 0 Å². The Bertz CT molecular complexity index is 142. The minimum absolute atomic E-state index is 0.602. The smallest absolute Gasteiger partial charge is 0.158 e. The van der Waals surface area contributed by atoms with Gasteiger partial charge in [-0.3, -0.25) is 0 Å². The van der Waals surface area contributed by atoms with Crippen molar-refractivity contribution in [2.75, 3.05) is 0 Å². The van der Waals surface area contributed by atoms with E-state index in [-0.39, 0.29) is 0 Å². The molecule has 0 aliphatic rings. The minimum Gasteiger partial charge on any atom is -0.457 e. The molecule has 3 heteroatoms. The molecule has 0 aromatic carbocycles. The van der Waals surface area contributed by atoms with E-state index < -0.39 is 0 Å². The summed E-state index contributed by atoms with van der Waals surface area (Å²) in [5, 5.41) is 0.602. The van der Waals surface area contributed by atoms with E-state index in [0.717, 1.165) is 4.90 Å². The topological polar surface area (TPSA) is 13.1 Å². The molecule has 0 atom stereocenters. The fourth-order valence-corrected chi connectivity index (χ4v) is 0.779. The summed E-state index contributed by atoms with van der Waals surface area (Å²) < 4.78 is 4.75. The molecule has 7 heavy (non-hydrogen) atoms. The second kappa shape index (κ2) is 1.84. The molecule has 0 unspecified atom stereocenters. The lowest BCUT2D eigenvalue weighted by Crippen LogP contribution is -1.42. The summed E-state index contributed by atoms with van der Waals surface area (Å²) in [4.78, 5) is 0.810. The Balaban J connectivity index is 3.04. The third-order valence-electron chi connectivity index (χ3n) is 0.572. The fraction of sp³-hybridized carbons (Fsp3) is 0. The van der Waals surface area contributed by atoms with Crippen molar-refractivity contribution in [2.45, 2.75) is 9.99 Å². The maximum Gasteiger partial charge on any atom is 0.158 e. The standard InChI is InChI=1S/C4H4OS2/c6-3-1-4(7)5-2-3/h1-2,6-7H. The molecule has 1 aromatic rings. The molecule has 0 saturated heterocycles. The van der Waals surface area contributed by atoms with Crippen molar-refractivity contribution in [3.63, 3.8) is 0 Å². The van der Waals surface area contributed by atoms with Gasteiger partial charge in [0.2, 0.25) is 0 Å². The Morgan fingerprint density at radius 3 is 2.29 bits per heavy atom. The van der Waals surface area contributed by atoms with Crippen LogP contribution >= 0.6 is 25.3 Å². The van der Waals surface area contributed by atoms with Crippen molar-refractivity contribution in [2.24, 2.45) is 0 Å². The van der Waals surface area contributed by atoms with Crippen LogP contribution in [0.5, 0.6) is 0 Å². The first kappa shape index (κ1) is 5.12. The zero-order valence-corrected chi connectivity index (χ0v) is 5.25. The molecule has 38 valence electrons. The highest BCUT2D eigenvalue weighted by molar-refractivity contribution is 7.81. The van der Waals surface area contributed by atoms with E-state index >= 15 is 0 Å². The van der Waals surface area contributed by atoms with Crippen molar-refractivity contribution in [1.82, 2.24) is 0 Å². The van der Waals surface area contributed by atoms with Gasteiger partial charge in [0.15, 0.2) is 5.09 Å². The molecule has 0 N–H and O–H groups in total. The summed E-state index contributed by atoms with van der Waals surface area (Å²) in [5.41, 5.74) is 0. The third-order valence-corrected chi connectivity index (χ3v) is 1.04. The zero-order valence-electron chi connectivity index (χ0n) is 3.46. The van der Waals surface area contributed by atoms with Crippen LogP contribution in [0.1, 0.15) is 0 Å². The first-order valence-electron chi connectivity index (χ1n) is 1.75. The van der Waals surface area contributed by atoms with Crippen LogP contribution in [0, 0.1) is 0 Å². The fourth-order valence-electron chi connectivity index (χ4n) is 0.315. The molecule has 1 rings (SSSR count). The first-order chi connectivity index (χ1) is 3.29. The minimum atomic E-state index is 0.602. The van der Waals surface area contributed by atoms with E-state index in [0.29, 0.717) is 5.09 Å². The lowest BCUT2D eigenvalue weighted by Gasteiger charge is -1.67. The Hall–Kier alpha value is -0.0200. The predicted molar refractivity (Wildman–Crippen MR) is 33.2 cm³/mol. The van der Waals surface area contributed by atoms with Gasteiger partial charge in [-0.25, -0.2) is 0 Å². The van der Waals surface area contributed by atoms with E-state index in [2.05, 4.69) is 25.3 Å². The average Bonchev–Trinajstić information content (AvgIpc) is 1.87. The molecule has 1 aromatic heterocycles. The molecule has 0 bridgehead atoms. The SMILES string of the molecule is Sc1coc(S)c1. The van der Waals surface area contributed by atoms with Crippen LogP contribution in [0.2, 0.25) is 0 Å². The van der Waals surface area contributed by atoms with Gasteiger partial charge in [0, 0.05) is 11.0 Å². The predicted octanol–water partition coefficient (Wildman–Crippen LogP) is 1.86. The highest BCUT2D eigenvalue weighted by Gasteiger charge is 1.87. The van der Waals surface area contributed by atoms with Crippen molar-refractivity contribution in [3.05, 3.63) is 12.3 Å². The summed E-state index contributed by atoms with van der Waals surface area (Å²) >= 11 is 7.85. The van der Waals surface area contributed by atoms with Crippen LogP contribution in [0.4, 0.5) is 0 Å². The number of rotatable bonds is 0. The zero-order chi connectivity index (χ0) is 5.28. The Morgan fingerprint density at radius 1 is 1.43 bits per heavy atom. The number of hydrogen-bond donors (Lipinski definition) is 2. The molecular weight excluding hydrogens is 128 g/mol. The van der Waals surface area contributed by atoms with Gasteiger partial charge >= 0.3 is 0 Å². The van der Waals surface area contributed by atoms with E-state index in [1.165, 1.54) is 6.26 Å². The van der Waals surface area contributed by atoms with Crippen molar-refractivity contribution >= 4 is 25.3 Å². The summed E-state index contributed by atoms with van der Waals surface area (Å²) in [5.74, 6) is 0. The molecule has 1 heterocycles. The molecule has 0 amide bonds. The van der Waals surface area contributed by atoms with Crippen molar-refractivity contribution < 1.29 is 4.42 Å². The Morgan fingerprint density at radius 2 is 2.14 bits per heavy atom. The summed E-state index contributed by atoms with van der Waals surface area (Å²) in [6, 6.07) is 1.73. The molecule has 0 saturated carbocycles. The lowest BCUT2D eigenvalue weighted by molar-refractivity contribution is 0.473. The van der Waals surface area contributed by atoms with Crippen LogP contribution in [0.25, 0.3) is 0 Å². The van der Waals surface area contributed by atoms with Gasteiger partial charge in [0.1, 0.15) is 6.26 Å². The second-order valence-corrected chi connectivity index (χ2v) is 2.10. The van der Waals surface area contributed by atoms with Gasteiger partial charge in [0.25, 0.3) is 0 Å². The third kappa shape index (κ3) is 1.17. The highest BCUT2D eigenvalue weighted by atomic mass is 32.1. The van der Waals surface area contributed by atoms with E-state index in [1.807, 2.05) is 0 Å². The van der Waals surface area contributed by atoms with Gasteiger partial charge < -0.3 is 4.42 Å². The van der Waals surface area contributed by atoms with Gasteiger partial charge in [-0.15, -0.1) is 25.3 Å². The number of hydrogen-bond acceptors (Lipinski definition) is 3. The Kier molecular flexibility index (Phi) is 1.35. The molecule has 0 fully saturated rings. The van der Waals surface area contributed by atoms with Crippen molar-refractivity contribution in [1.29, 1.82) is 0 Å². The molecule has 0 spiro atoms. The average molecular weight is 132 g/mol. The number of furan rings is 1. The van der Waals surface area contributed by atoms with E-state index in [4.69, 9.17) is 4.42 Å². The summed E-state index contributed by atoms with van der Waals surface area (Å²) in [6.45, 7) is 0. The quantitative estimate of drug-likeness (QED) is 0.514. The lowest BCUT2D eigenvalue weighted by atomic mass is 10.7. The van der Waals surface area contributed by atoms with Crippen LogP contribution in [0.15, 0.2) is 26.7 Å². The van der Waals surface area contributed by atoms with Crippen LogP contribution < -0.4 is 0 Å². The van der Waals surface area contributed by atoms with Crippen LogP contribution in [0.3, 0.4) is 0 Å². The molecule has 0 radical (unpaired) electrons. The molecule has 0 aliphatic carbocycles. The van der Waals surface area contributed by atoms with Crippen LogP contribution in [-0.2, 0) is 0 Å². The molecular formula is C4H4OS2. The van der Waals surface area contributed by atoms with Gasteiger partial charge in [-0.2, -0.15) is 0 Å². The maximum atomic E-state index is 4.75. The molecule has 0 aliphatic heterocycles. The van der Waals surface area contributed by atoms with Crippen molar-refractivity contribution in [3.8, 4) is 0 Å². The van der Waals surface area contributed by atoms with Gasteiger partial charge in [-0.1, -0.05) is 0 Å². The summed E-state index contributed by atoms with van der Waals surface area (Å²) in [7, 11) is 0. The maximum absolute atomic E-state index is 4.75.